The van der Waals surface area contributed by atoms with Crippen molar-refractivity contribution in [3.8, 4) is 11.6 Å². The highest BCUT2D eigenvalue weighted by molar-refractivity contribution is 5.45. The summed E-state index contributed by atoms with van der Waals surface area (Å²) in [6.07, 6.45) is 1.62. The van der Waals surface area contributed by atoms with Gasteiger partial charge in [0.25, 0.3) is 5.69 Å². The van der Waals surface area contributed by atoms with E-state index in [1.807, 2.05) is 13.0 Å². The second-order valence-electron chi connectivity index (χ2n) is 4.52. The predicted molar refractivity (Wildman–Crippen MR) is 74.7 cm³/mol. The molecule has 0 fully saturated rings. The third-order valence-electron chi connectivity index (χ3n) is 2.87. The van der Waals surface area contributed by atoms with Gasteiger partial charge in [0.05, 0.1) is 4.92 Å². The minimum Gasteiger partial charge on any atom is -0.439 e. The Hall–Kier alpha value is -2.47. The van der Waals surface area contributed by atoms with E-state index in [0.29, 0.717) is 17.2 Å². The van der Waals surface area contributed by atoms with Crippen LogP contribution in [0.4, 0.5) is 5.69 Å². The molecule has 2 aromatic rings. The number of nitrogens with two attached hydrogens (primary N) is 1. The zero-order valence-electron chi connectivity index (χ0n) is 11.2. The van der Waals surface area contributed by atoms with E-state index < -0.39 is 4.92 Å². The Morgan fingerprint density at radius 3 is 2.70 bits per heavy atom. The summed E-state index contributed by atoms with van der Waals surface area (Å²) in [5.41, 5.74) is 7.31. The summed E-state index contributed by atoms with van der Waals surface area (Å²) in [5, 5.41) is 10.7. The SMILES string of the molecule is Cc1cc(Oc2cc([C@@H](C)N)ccn2)ccc1[N+](=O)[O-]. The van der Waals surface area contributed by atoms with Crippen LogP contribution in [-0.4, -0.2) is 9.91 Å². The summed E-state index contributed by atoms with van der Waals surface area (Å²) in [5.74, 6) is 0.912. The van der Waals surface area contributed by atoms with Gasteiger partial charge in [0, 0.05) is 29.9 Å². The molecular weight excluding hydrogens is 258 g/mol. The highest BCUT2D eigenvalue weighted by Gasteiger charge is 2.11. The number of benzene rings is 1. The van der Waals surface area contributed by atoms with Crippen LogP contribution >= 0.6 is 0 Å². The molecule has 0 aliphatic rings. The number of hydrogen-bond donors (Lipinski definition) is 1. The van der Waals surface area contributed by atoms with Gasteiger partial charge in [0.2, 0.25) is 5.88 Å². The van der Waals surface area contributed by atoms with Gasteiger partial charge >= 0.3 is 0 Å². The van der Waals surface area contributed by atoms with Crippen molar-refractivity contribution in [2.45, 2.75) is 19.9 Å². The Bertz CT molecular complexity index is 641. The second kappa shape index (κ2) is 5.66. The Kier molecular flexibility index (Phi) is 3.95. The van der Waals surface area contributed by atoms with Crippen LogP contribution in [0.2, 0.25) is 0 Å². The van der Waals surface area contributed by atoms with Gasteiger partial charge < -0.3 is 10.5 Å². The van der Waals surface area contributed by atoms with Crippen molar-refractivity contribution in [2.24, 2.45) is 5.73 Å². The lowest BCUT2D eigenvalue weighted by Gasteiger charge is -2.09. The molecule has 20 heavy (non-hydrogen) atoms. The first-order chi connectivity index (χ1) is 9.47. The summed E-state index contributed by atoms with van der Waals surface area (Å²) >= 11 is 0. The fourth-order valence-electron chi connectivity index (χ4n) is 1.78. The quantitative estimate of drug-likeness (QED) is 0.682. The van der Waals surface area contributed by atoms with Gasteiger partial charge in [-0.05, 0) is 37.6 Å². The van der Waals surface area contributed by atoms with Gasteiger partial charge in [0.1, 0.15) is 5.75 Å². The van der Waals surface area contributed by atoms with Crippen LogP contribution in [0.15, 0.2) is 36.5 Å². The molecule has 0 spiro atoms. The van der Waals surface area contributed by atoms with Crippen LogP contribution in [0.25, 0.3) is 0 Å². The average Bonchev–Trinajstić information content (AvgIpc) is 2.38. The van der Waals surface area contributed by atoms with Gasteiger partial charge in [-0.2, -0.15) is 0 Å². The molecule has 0 aliphatic heterocycles. The second-order valence-corrected chi connectivity index (χ2v) is 4.52. The Morgan fingerprint density at radius 2 is 2.10 bits per heavy atom. The smallest absolute Gasteiger partial charge is 0.272 e. The number of nitrogens with zero attached hydrogens (tertiary/aromatic N) is 2. The first-order valence-electron chi connectivity index (χ1n) is 6.12. The van der Waals surface area contributed by atoms with Crippen molar-refractivity contribution >= 4 is 5.69 Å². The Balaban J connectivity index is 2.24. The maximum absolute atomic E-state index is 10.7. The molecule has 6 heteroatoms. The summed E-state index contributed by atoms with van der Waals surface area (Å²) in [4.78, 5) is 14.4. The lowest BCUT2D eigenvalue weighted by atomic mass is 10.1. The van der Waals surface area contributed by atoms with E-state index in [1.54, 1.807) is 31.3 Å². The number of nitro groups is 1. The van der Waals surface area contributed by atoms with Crippen LogP contribution in [0.3, 0.4) is 0 Å². The maximum Gasteiger partial charge on any atom is 0.272 e. The normalized spacial score (nSPS) is 11.9. The van der Waals surface area contributed by atoms with Crippen LogP contribution < -0.4 is 10.5 Å². The van der Waals surface area contributed by atoms with E-state index in [0.717, 1.165) is 5.56 Å². The zero-order chi connectivity index (χ0) is 14.7. The lowest BCUT2D eigenvalue weighted by Crippen LogP contribution is -2.05. The molecule has 1 aromatic heterocycles. The first kappa shape index (κ1) is 14.0. The minimum atomic E-state index is -0.423. The minimum absolute atomic E-state index is 0.0645. The summed E-state index contributed by atoms with van der Waals surface area (Å²) in [7, 11) is 0. The van der Waals surface area contributed by atoms with Crippen molar-refractivity contribution in [1.29, 1.82) is 0 Å². The maximum atomic E-state index is 10.7. The predicted octanol–water partition coefficient (Wildman–Crippen LogP) is 3.11. The summed E-state index contributed by atoms with van der Waals surface area (Å²) in [6, 6.07) is 8.03. The standard InChI is InChI=1S/C14H15N3O3/c1-9-7-12(3-4-13(9)17(18)19)20-14-8-11(10(2)15)5-6-16-14/h3-8,10H,15H2,1-2H3/t10-/m1/s1. The third-order valence-corrected chi connectivity index (χ3v) is 2.87. The van der Waals surface area contributed by atoms with E-state index >= 15 is 0 Å². The molecule has 0 unspecified atom stereocenters. The highest BCUT2D eigenvalue weighted by Crippen LogP contribution is 2.27. The van der Waals surface area contributed by atoms with Gasteiger partial charge in [-0.3, -0.25) is 10.1 Å². The van der Waals surface area contributed by atoms with E-state index in [-0.39, 0.29) is 11.7 Å². The highest BCUT2D eigenvalue weighted by atomic mass is 16.6. The van der Waals surface area contributed by atoms with E-state index in [9.17, 15) is 10.1 Å². The van der Waals surface area contributed by atoms with E-state index in [1.165, 1.54) is 6.07 Å². The number of nitro benzene ring substituents is 1. The van der Waals surface area contributed by atoms with Gasteiger partial charge in [-0.15, -0.1) is 0 Å². The molecule has 0 amide bonds. The van der Waals surface area contributed by atoms with Crippen molar-refractivity contribution in [1.82, 2.24) is 4.98 Å². The first-order valence-corrected chi connectivity index (χ1v) is 6.12. The molecule has 1 aromatic carbocycles. The zero-order valence-corrected chi connectivity index (χ0v) is 11.2. The Morgan fingerprint density at radius 1 is 1.35 bits per heavy atom. The van der Waals surface area contributed by atoms with E-state index in [4.69, 9.17) is 10.5 Å². The molecule has 0 saturated heterocycles. The number of rotatable bonds is 4. The molecule has 104 valence electrons. The molecule has 6 nitrogen and oxygen atoms in total. The molecule has 1 atom stereocenters. The molecule has 2 N–H and O–H groups in total. The molecular formula is C14H15N3O3. The van der Waals surface area contributed by atoms with Crippen molar-refractivity contribution in [3.05, 3.63) is 57.8 Å². The average molecular weight is 273 g/mol. The number of pyridine rings is 1. The van der Waals surface area contributed by atoms with Crippen LogP contribution in [-0.2, 0) is 0 Å². The molecule has 0 aliphatic carbocycles. The van der Waals surface area contributed by atoms with Gasteiger partial charge in [-0.25, -0.2) is 4.98 Å². The fourth-order valence-corrected chi connectivity index (χ4v) is 1.78. The van der Waals surface area contributed by atoms with Crippen molar-refractivity contribution in [2.75, 3.05) is 0 Å². The van der Waals surface area contributed by atoms with Crippen molar-refractivity contribution in [3.63, 3.8) is 0 Å². The fraction of sp³-hybridized carbons (Fsp3) is 0.214. The van der Waals surface area contributed by atoms with Crippen LogP contribution in [0.1, 0.15) is 24.1 Å². The molecule has 0 radical (unpaired) electrons. The summed E-state index contributed by atoms with van der Waals surface area (Å²) in [6.45, 7) is 3.53. The van der Waals surface area contributed by atoms with Crippen LogP contribution in [0.5, 0.6) is 11.6 Å². The van der Waals surface area contributed by atoms with Crippen molar-refractivity contribution < 1.29 is 9.66 Å². The number of hydrogen-bond acceptors (Lipinski definition) is 5. The molecule has 0 bridgehead atoms. The number of aromatic nitrogens is 1. The van der Waals surface area contributed by atoms with Crippen LogP contribution in [0, 0.1) is 17.0 Å². The van der Waals surface area contributed by atoms with Gasteiger partial charge in [0.15, 0.2) is 0 Å². The monoisotopic (exact) mass is 273 g/mol. The molecule has 2 rings (SSSR count). The largest absolute Gasteiger partial charge is 0.439 e. The number of ether oxygens (including phenoxy) is 1. The van der Waals surface area contributed by atoms with E-state index in [2.05, 4.69) is 4.98 Å². The Labute approximate surface area is 116 Å². The summed E-state index contributed by atoms with van der Waals surface area (Å²) < 4.78 is 5.60. The molecule has 0 saturated carbocycles. The lowest BCUT2D eigenvalue weighted by molar-refractivity contribution is -0.385. The third kappa shape index (κ3) is 3.10. The topological polar surface area (TPSA) is 91.3 Å². The number of aryl methyl sites for hydroxylation is 1. The van der Waals surface area contributed by atoms with Gasteiger partial charge in [-0.1, -0.05) is 0 Å². The molecule has 1 heterocycles.